The largest absolute Gasteiger partial charge is 0.378 e. The van der Waals surface area contributed by atoms with Gasteiger partial charge in [-0.1, -0.05) is 25.5 Å². The third-order valence-corrected chi connectivity index (χ3v) is 4.61. The molecule has 1 aromatic carbocycles. The standard InChI is InChI=1S/C19H24N6O/c1-2-3-4-14-5-7-15(8-6-14)22-19-23-17-16(20-13-21-17)18(24-19)25-9-11-26-12-10-25/h5-8,13H,2-4,9-12H2,1H3,(H2,20,21,22,23,24). The third-order valence-electron chi connectivity index (χ3n) is 4.61. The lowest BCUT2D eigenvalue weighted by molar-refractivity contribution is 0.122. The zero-order valence-electron chi connectivity index (χ0n) is 15.0. The summed E-state index contributed by atoms with van der Waals surface area (Å²) in [6.07, 6.45) is 5.21. The van der Waals surface area contributed by atoms with Gasteiger partial charge in [0.2, 0.25) is 5.95 Å². The number of ether oxygens (including phenoxy) is 1. The normalized spacial score (nSPS) is 14.7. The maximum Gasteiger partial charge on any atom is 0.231 e. The molecule has 1 aliphatic rings. The van der Waals surface area contributed by atoms with Crippen molar-refractivity contribution in [2.24, 2.45) is 0 Å². The van der Waals surface area contributed by atoms with Crippen LogP contribution < -0.4 is 10.2 Å². The van der Waals surface area contributed by atoms with Gasteiger partial charge in [0.05, 0.1) is 19.5 Å². The van der Waals surface area contributed by atoms with Gasteiger partial charge in [-0.25, -0.2) is 4.98 Å². The molecule has 4 rings (SSSR count). The Hall–Kier alpha value is -2.67. The summed E-state index contributed by atoms with van der Waals surface area (Å²) in [4.78, 5) is 19.0. The number of unbranched alkanes of at least 4 members (excludes halogenated alkanes) is 1. The monoisotopic (exact) mass is 352 g/mol. The van der Waals surface area contributed by atoms with Crippen molar-refractivity contribution in [3.05, 3.63) is 36.2 Å². The maximum atomic E-state index is 5.45. The Morgan fingerprint density at radius 3 is 2.73 bits per heavy atom. The predicted molar refractivity (Wildman–Crippen MR) is 103 cm³/mol. The SMILES string of the molecule is CCCCc1ccc(Nc2nc(N3CCOCC3)c3[nH]cnc3n2)cc1. The first-order valence-corrected chi connectivity index (χ1v) is 9.23. The molecule has 0 amide bonds. The van der Waals surface area contributed by atoms with Crippen molar-refractivity contribution < 1.29 is 4.74 Å². The summed E-state index contributed by atoms with van der Waals surface area (Å²) in [5.74, 6) is 1.44. The van der Waals surface area contributed by atoms with E-state index in [1.165, 1.54) is 18.4 Å². The molecule has 1 aliphatic heterocycles. The van der Waals surface area contributed by atoms with Crippen molar-refractivity contribution >= 4 is 28.6 Å². The zero-order chi connectivity index (χ0) is 17.8. The van der Waals surface area contributed by atoms with Crippen LogP contribution in [0, 0.1) is 0 Å². The molecule has 0 saturated carbocycles. The van der Waals surface area contributed by atoms with Gasteiger partial charge in [0.25, 0.3) is 0 Å². The van der Waals surface area contributed by atoms with Crippen LogP contribution in [-0.4, -0.2) is 46.2 Å². The van der Waals surface area contributed by atoms with Crippen molar-refractivity contribution in [2.45, 2.75) is 26.2 Å². The first-order chi connectivity index (χ1) is 12.8. The first kappa shape index (κ1) is 16.8. The molecular weight excluding hydrogens is 328 g/mol. The Balaban J connectivity index is 1.58. The first-order valence-electron chi connectivity index (χ1n) is 9.23. The van der Waals surface area contributed by atoms with E-state index in [1.54, 1.807) is 6.33 Å². The van der Waals surface area contributed by atoms with Gasteiger partial charge < -0.3 is 19.9 Å². The number of benzene rings is 1. The summed E-state index contributed by atoms with van der Waals surface area (Å²) in [7, 11) is 0. The number of hydrogen-bond donors (Lipinski definition) is 2. The minimum atomic E-state index is 0.562. The van der Waals surface area contributed by atoms with Crippen LogP contribution in [0.5, 0.6) is 0 Å². The molecular formula is C19H24N6O. The van der Waals surface area contributed by atoms with Crippen molar-refractivity contribution in [1.82, 2.24) is 19.9 Å². The lowest BCUT2D eigenvalue weighted by Gasteiger charge is -2.28. The van der Waals surface area contributed by atoms with Gasteiger partial charge in [0.1, 0.15) is 5.52 Å². The van der Waals surface area contributed by atoms with E-state index in [2.05, 4.69) is 56.4 Å². The average Bonchev–Trinajstić information content (AvgIpc) is 3.16. The molecule has 136 valence electrons. The molecule has 0 unspecified atom stereocenters. The molecule has 3 heterocycles. The number of rotatable bonds is 6. The van der Waals surface area contributed by atoms with E-state index in [4.69, 9.17) is 9.72 Å². The van der Waals surface area contributed by atoms with E-state index >= 15 is 0 Å². The second-order valence-electron chi connectivity index (χ2n) is 6.50. The zero-order valence-corrected chi connectivity index (χ0v) is 15.0. The number of hydrogen-bond acceptors (Lipinski definition) is 6. The number of nitrogens with zero attached hydrogens (tertiary/aromatic N) is 4. The molecule has 0 aliphatic carbocycles. The van der Waals surface area contributed by atoms with Gasteiger partial charge in [0, 0.05) is 18.8 Å². The highest BCUT2D eigenvalue weighted by Crippen LogP contribution is 2.25. The molecule has 0 atom stereocenters. The van der Waals surface area contributed by atoms with Crippen LogP contribution in [0.1, 0.15) is 25.3 Å². The number of aromatic amines is 1. The van der Waals surface area contributed by atoms with Crippen LogP contribution in [0.25, 0.3) is 11.2 Å². The Kier molecular flexibility index (Phi) is 4.97. The molecule has 3 aromatic rings. The van der Waals surface area contributed by atoms with Crippen molar-refractivity contribution in [3.8, 4) is 0 Å². The van der Waals surface area contributed by atoms with E-state index in [-0.39, 0.29) is 0 Å². The number of aryl methyl sites for hydroxylation is 1. The number of aromatic nitrogens is 4. The van der Waals surface area contributed by atoms with Crippen LogP contribution in [0.15, 0.2) is 30.6 Å². The lowest BCUT2D eigenvalue weighted by Crippen LogP contribution is -2.37. The second kappa shape index (κ2) is 7.70. The van der Waals surface area contributed by atoms with Crippen LogP contribution in [0.2, 0.25) is 0 Å². The van der Waals surface area contributed by atoms with E-state index in [9.17, 15) is 0 Å². The average molecular weight is 352 g/mol. The molecule has 0 bridgehead atoms. The quantitative estimate of drug-likeness (QED) is 0.709. The molecule has 1 fully saturated rings. The van der Waals surface area contributed by atoms with Crippen LogP contribution in [0.3, 0.4) is 0 Å². The van der Waals surface area contributed by atoms with E-state index < -0.39 is 0 Å². The van der Waals surface area contributed by atoms with E-state index in [0.717, 1.165) is 36.5 Å². The van der Waals surface area contributed by atoms with Gasteiger partial charge in [-0.3, -0.25) is 0 Å². The molecule has 26 heavy (non-hydrogen) atoms. The predicted octanol–water partition coefficient (Wildman–Crippen LogP) is 3.28. The summed E-state index contributed by atoms with van der Waals surface area (Å²) in [5.41, 5.74) is 3.87. The molecule has 7 heteroatoms. The number of nitrogens with one attached hydrogen (secondary N) is 2. The number of H-pyrrole nitrogens is 1. The fourth-order valence-corrected chi connectivity index (χ4v) is 3.14. The third kappa shape index (κ3) is 3.62. The Morgan fingerprint density at radius 1 is 1.15 bits per heavy atom. The van der Waals surface area contributed by atoms with Crippen molar-refractivity contribution in [3.63, 3.8) is 0 Å². The van der Waals surface area contributed by atoms with Gasteiger partial charge in [0.15, 0.2) is 11.5 Å². The summed E-state index contributed by atoms with van der Waals surface area (Å²) in [6.45, 7) is 5.27. The van der Waals surface area contributed by atoms with Gasteiger partial charge >= 0.3 is 0 Å². The highest BCUT2D eigenvalue weighted by Gasteiger charge is 2.18. The van der Waals surface area contributed by atoms with Crippen LogP contribution in [0.4, 0.5) is 17.5 Å². The van der Waals surface area contributed by atoms with E-state index in [1.807, 2.05) is 0 Å². The van der Waals surface area contributed by atoms with Gasteiger partial charge in [-0.05, 0) is 30.5 Å². The highest BCUT2D eigenvalue weighted by atomic mass is 16.5. The number of imidazole rings is 1. The number of morpholine rings is 1. The summed E-state index contributed by atoms with van der Waals surface area (Å²) >= 11 is 0. The maximum absolute atomic E-state index is 5.45. The van der Waals surface area contributed by atoms with Crippen molar-refractivity contribution in [2.75, 3.05) is 36.5 Å². The molecule has 0 radical (unpaired) electrons. The second-order valence-corrected chi connectivity index (χ2v) is 6.50. The minimum Gasteiger partial charge on any atom is -0.378 e. The number of anilines is 3. The summed E-state index contributed by atoms with van der Waals surface area (Å²) in [6, 6.07) is 8.48. The van der Waals surface area contributed by atoms with Crippen molar-refractivity contribution in [1.29, 1.82) is 0 Å². The van der Waals surface area contributed by atoms with Crippen LogP contribution in [-0.2, 0) is 11.2 Å². The fourth-order valence-electron chi connectivity index (χ4n) is 3.14. The highest BCUT2D eigenvalue weighted by molar-refractivity contribution is 5.84. The topological polar surface area (TPSA) is 79.0 Å². The molecule has 2 N–H and O–H groups in total. The Labute approximate surface area is 152 Å². The van der Waals surface area contributed by atoms with E-state index in [0.29, 0.717) is 24.8 Å². The van der Waals surface area contributed by atoms with Crippen LogP contribution >= 0.6 is 0 Å². The molecule has 7 nitrogen and oxygen atoms in total. The van der Waals surface area contributed by atoms with Gasteiger partial charge in [-0.2, -0.15) is 9.97 Å². The molecule has 2 aromatic heterocycles. The molecule has 0 spiro atoms. The Bertz CT molecular complexity index is 854. The summed E-state index contributed by atoms with van der Waals surface area (Å²) in [5, 5.41) is 3.31. The Morgan fingerprint density at radius 2 is 1.96 bits per heavy atom. The van der Waals surface area contributed by atoms with Gasteiger partial charge in [-0.15, -0.1) is 0 Å². The number of fused-ring (bicyclic) bond motifs is 1. The fraction of sp³-hybridized carbons (Fsp3) is 0.421. The minimum absolute atomic E-state index is 0.562. The lowest BCUT2D eigenvalue weighted by atomic mass is 10.1. The smallest absolute Gasteiger partial charge is 0.231 e. The molecule has 1 saturated heterocycles. The summed E-state index contributed by atoms with van der Waals surface area (Å²) < 4.78 is 5.45.